The molecule has 1 fully saturated rings. The molecule has 3 aromatic rings. The van der Waals surface area contributed by atoms with E-state index in [-0.39, 0.29) is 11.8 Å². The number of hydrogen-bond donors (Lipinski definition) is 0. The van der Waals surface area contributed by atoms with Crippen molar-refractivity contribution in [2.45, 2.75) is 78.6 Å². The monoisotopic (exact) mass is 490 g/mol. The molecule has 3 heterocycles. The Labute approximate surface area is 215 Å². The van der Waals surface area contributed by atoms with Gasteiger partial charge in [0.1, 0.15) is 11.6 Å². The average Bonchev–Trinajstić information content (AvgIpc) is 3.18. The Kier molecular flexibility index (Phi) is 8.94. The van der Waals surface area contributed by atoms with Gasteiger partial charge < -0.3 is 9.80 Å². The Morgan fingerprint density at radius 3 is 2.50 bits per heavy atom. The zero-order valence-electron chi connectivity index (χ0n) is 22.5. The SMILES string of the molecule is CCCC[C@H](CC)C(=O)N1CCCN(c2nc([C@@H](C)CCC)nc3c2cnn3-c2ccccc2)CC1. The van der Waals surface area contributed by atoms with E-state index >= 15 is 0 Å². The van der Waals surface area contributed by atoms with Crippen molar-refractivity contribution in [1.82, 2.24) is 24.6 Å². The van der Waals surface area contributed by atoms with Gasteiger partial charge in [-0.15, -0.1) is 0 Å². The van der Waals surface area contributed by atoms with Gasteiger partial charge in [-0.05, 0) is 37.8 Å². The molecule has 1 amide bonds. The summed E-state index contributed by atoms with van der Waals surface area (Å²) in [5, 5.41) is 5.69. The molecule has 0 unspecified atom stereocenters. The lowest BCUT2D eigenvalue weighted by atomic mass is 9.97. The molecule has 36 heavy (non-hydrogen) atoms. The zero-order chi connectivity index (χ0) is 25.5. The van der Waals surface area contributed by atoms with Crippen molar-refractivity contribution >= 4 is 22.8 Å². The van der Waals surface area contributed by atoms with Gasteiger partial charge in [-0.2, -0.15) is 5.10 Å². The van der Waals surface area contributed by atoms with Gasteiger partial charge in [0.15, 0.2) is 5.65 Å². The summed E-state index contributed by atoms with van der Waals surface area (Å²) in [7, 11) is 0. The van der Waals surface area contributed by atoms with Crippen molar-refractivity contribution in [2.24, 2.45) is 5.92 Å². The third kappa shape index (κ3) is 5.71. The van der Waals surface area contributed by atoms with Gasteiger partial charge in [0.05, 0.1) is 17.3 Å². The molecule has 2 atom stereocenters. The first kappa shape index (κ1) is 26.1. The van der Waals surface area contributed by atoms with E-state index in [1.54, 1.807) is 0 Å². The fraction of sp³-hybridized carbons (Fsp3) is 0.586. The van der Waals surface area contributed by atoms with Crippen LogP contribution in [0.5, 0.6) is 0 Å². The quantitative estimate of drug-likeness (QED) is 0.350. The molecule has 2 aromatic heterocycles. The molecular weight excluding hydrogens is 448 g/mol. The first-order chi connectivity index (χ1) is 17.6. The molecule has 7 nitrogen and oxygen atoms in total. The van der Waals surface area contributed by atoms with Gasteiger partial charge in [-0.25, -0.2) is 14.6 Å². The number of nitrogens with zero attached hydrogens (tertiary/aromatic N) is 6. The van der Waals surface area contributed by atoms with Crippen molar-refractivity contribution in [1.29, 1.82) is 0 Å². The standard InChI is InChI=1S/C29H42N6O/c1-5-8-14-23(7-3)29(36)34-18-12-17-33(19-20-34)27-25-21-30-35(24-15-10-9-11-16-24)28(25)32-26(31-27)22(4)13-6-2/h9-11,15-16,21-23H,5-8,12-14,17-20H2,1-4H3/t22-,23-/m0/s1. The van der Waals surface area contributed by atoms with Crippen molar-refractivity contribution in [3.63, 3.8) is 0 Å². The van der Waals surface area contributed by atoms with E-state index in [9.17, 15) is 4.79 Å². The van der Waals surface area contributed by atoms with Gasteiger partial charge in [0.2, 0.25) is 5.91 Å². The number of benzene rings is 1. The second-order valence-corrected chi connectivity index (χ2v) is 10.1. The third-order valence-electron chi connectivity index (χ3n) is 7.44. The summed E-state index contributed by atoms with van der Waals surface area (Å²) in [4.78, 5) is 27.9. The van der Waals surface area contributed by atoms with Gasteiger partial charge in [0.25, 0.3) is 0 Å². The van der Waals surface area contributed by atoms with Crippen LogP contribution in [0.25, 0.3) is 16.7 Å². The highest BCUT2D eigenvalue weighted by molar-refractivity contribution is 5.88. The van der Waals surface area contributed by atoms with E-state index in [1.807, 2.05) is 29.1 Å². The minimum absolute atomic E-state index is 0.146. The highest BCUT2D eigenvalue weighted by atomic mass is 16.2. The average molecular weight is 491 g/mol. The van der Waals surface area contributed by atoms with Crippen molar-refractivity contribution in [3.05, 3.63) is 42.4 Å². The van der Waals surface area contributed by atoms with Crippen molar-refractivity contribution < 1.29 is 4.79 Å². The molecule has 0 N–H and O–H groups in total. The van der Waals surface area contributed by atoms with Crippen LogP contribution in [0.4, 0.5) is 5.82 Å². The maximum absolute atomic E-state index is 13.3. The molecule has 1 aliphatic rings. The van der Waals surface area contributed by atoms with Crippen LogP contribution in [0, 0.1) is 5.92 Å². The highest BCUT2D eigenvalue weighted by Crippen LogP contribution is 2.30. The van der Waals surface area contributed by atoms with E-state index in [4.69, 9.17) is 15.1 Å². The summed E-state index contributed by atoms with van der Waals surface area (Å²) in [5.41, 5.74) is 1.85. The van der Waals surface area contributed by atoms with Crippen LogP contribution < -0.4 is 4.90 Å². The Morgan fingerprint density at radius 1 is 0.972 bits per heavy atom. The number of amides is 1. The van der Waals surface area contributed by atoms with E-state index in [0.717, 1.165) is 99.5 Å². The second-order valence-electron chi connectivity index (χ2n) is 10.1. The largest absolute Gasteiger partial charge is 0.354 e. The Hall–Kier alpha value is -2.96. The highest BCUT2D eigenvalue weighted by Gasteiger charge is 2.27. The molecule has 1 saturated heterocycles. The molecule has 0 bridgehead atoms. The van der Waals surface area contributed by atoms with Crippen LogP contribution in [-0.4, -0.2) is 56.7 Å². The molecule has 0 radical (unpaired) electrons. The van der Waals surface area contributed by atoms with Crippen LogP contribution >= 0.6 is 0 Å². The fourth-order valence-corrected chi connectivity index (χ4v) is 5.25. The predicted octanol–water partition coefficient (Wildman–Crippen LogP) is 5.97. The molecule has 0 spiro atoms. The van der Waals surface area contributed by atoms with Gasteiger partial charge in [0, 0.05) is 38.0 Å². The van der Waals surface area contributed by atoms with Crippen LogP contribution in [-0.2, 0) is 4.79 Å². The molecule has 0 saturated carbocycles. The molecule has 194 valence electrons. The number of carbonyl (C=O) groups is 1. The molecule has 0 aliphatic carbocycles. The number of carbonyl (C=O) groups excluding carboxylic acids is 1. The summed E-state index contributed by atoms with van der Waals surface area (Å²) < 4.78 is 1.93. The number of para-hydroxylation sites is 1. The lowest BCUT2D eigenvalue weighted by Gasteiger charge is -2.26. The molecular formula is C29H42N6O. The number of fused-ring (bicyclic) bond motifs is 1. The smallest absolute Gasteiger partial charge is 0.225 e. The number of rotatable bonds is 10. The Balaban J connectivity index is 1.64. The molecule has 7 heteroatoms. The lowest BCUT2D eigenvalue weighted by molar-refractivity contribution is -0.135. The lowest BCUT2D eigenvalue weighted by Crippen LogP contribution is -2.39. The number of anilines is 1. The Bertz CT molecular complexity index is 1130. The maximum atomic E-state index is 13.3. The van der Waals surface area contributed by atoms with Crippen LogP contribution in [0.3, 0.4) is 0 Å². The van der Waals surface area contributed by atoms with E-state index in [2.05, 4.69) is 49.6 Å². The van der Waals surface area contributed by atoms with Crippen LogP contribution in [0.2, 0.25) is 0 Å². The van der Waals surface area contributed by atoms with Gasteiger partial charge >= 0.3 is 0 Å². The van der Waals surface area contributed by atoms with Crippen molar-refractivity contribution in [2.75, 3.05) is 31.1 Å². The van der Waals surface area contributed by atoms with Crippen molar-refractivity contribution in [3.8, 4) is 5.69 Å². The first-order valence-corrected chi connectivity index (χ1v) is 13.9. The summed E-state index contributed by atoms with van der Waals surface area (Å²) in [5.74, 6) is 2.57. The third-order valence-corrected chi connectivity index (χ3v) is 7.44. The second kappa shape index (κ2) is 12.3. The first-order valence-electron chi connectivity index (χ1n) is 13.9. The van der Waals surface area contributed by atoms with Gasteiger partial charge in [-0.3, -0.25) is 4.79 Å². The Morgan fingerprint density at radius 2 is 1.78 bits per heavy atom. The zero-order valence-corrected chi connectivity index (χ0v) is 22.5. The molecule has 1 aromatic carbocycles. The number of unbranched alkanes of at least 4 members (excludes halogenated alkanes) is 1. The van der Waals surface area contributed by atoms with E-state index in [0.29, 0.717) is 5.91 Å². The maximum Gasteiger partial charge on any atom is 0.225 e. The minimum Gasteiger partial charge on any atom is -0.354 e. The van der Waals surface area contributed by atoms with E-state index in [1.165, 1.54) is 0 Å². The van der Waals surface area contributed by atoms with Gasteiger partial charge in [-0.1, -0.05) is 65.2 Å². The normalized spacial score (nSPS) is 16.2. The molecule has 4 rings (SSSR count). The summed E-state index contributed by atoms with van der Waals surface area (Å²) in [6.45, 7) is 12.0. The summed E-state index contributed by atoms with van der Waals surface area (Å²) in [6, 6.07) is 10.2. The summed E-state index contributed by atoms with van der Waals surface area (Å²) >= 11 is 0. The number of aromatic nitrogens is 4. The minimum atomic E-state index is 0.146. The molecule has 1 aliphatic heterocycles. The predicted molar refractivity (Wildman–Crippen MR) is 147 cm³/mol. The topological polar surface area (TPSA) is 67.2 Å². The van der Waals surface area contributed by atoms with Crippen LogP contribution in [0.15, 0.2) is 36.5 Å². The summed E-state index contributed by atoms with van der Waals surface area (Å²) in [6.07, 6.45) is 9.14. The van der Waals surface area contributed by atoms with Crippen LogP contribution in [0.1, 0.15) is 84.4 Å². The fourth-order valence-electron chi connectivity index (χ4n) is 5.25. The van der Waals surface area contributed by atoms with E-state index < -0.39 is 0 Å². The number of hydrogen-bond acceptors (Lipinski definition) is 5.